The Morgan fingerprint density at radius 1 is 1.38 bits per heavy atom. The molecule has 0 saturated heterocycles. The molecule has 2 aromatic rings. The van der Waals surface area contributed by atoms with E-state index in [1.165, 1.54) is 0 Å². The van der Waals surface area contributed by atoms with Crippen LogP contribution in [0.1, 0.15) is 22.2 Å². The van der Waals surface area contributed by atoms with Gasteiger partial charge in [-0.3, -0.25) is 10.6 Å². The number of hydrogen-bond acceptors (Lipinski definition) is 4. The smallest absolute Gasteiger partial charge is 0.251 e. The molecular formula is C14H15F2N3OS. The van der Waals surface area contributed by atoms with Crippen LogP contribution in [-0.4, -0.2) is 11.9 Å². The van der Waals surface area contributed by atoms with Gasteiger partial charge in [0.05, 0.1) is 0 Å². The highest BCUT2D eigenvalue weighted by Crippen LogP contribution is 2.20. The Hall–Kier alpha value is -1.99. The van der Waals surface area contributed by atoms with Crippen molar-refractivity contribution in [1.82, 2.24) is 5.32 Å². The highest BCUT2D eigenvalue weighted by atomic mass is 32.1. The number of halogens is 2. The van der Waals surface area contributed by atoms with Crippen LogP contribution in [0.25, 0.3) is 0 Å². The number of nitrogen functional groups attached to an aromatic ring is 1. The Morgan fingerprint density at radius 2 is 2.05 bits per heavy atom. The second-order valence-corrected chi connectivity index (χ2v) is 5.65. The van der Waals surface area contributed by atoms with Crippen molar-refractivity contribution in [2.75, 3.05) is 5.43 Å². The van der Waals surface area contributed by atoms with E-state index in [1.54, 1.807) is 11.3 Å². The van der Waals surface area contributed by atoms with Crippen molar-refractivity contribution in [3.05, 3.63) is 51.7 Å². The maximum Gasteiger partial charge on any atom is 0.251 e. The predicted octanol–water partition coefficient (Wildman–Crippen LogP) is 2.67. The molecule has 0 saturated carbocycles. The van der Waals surface area contributed by atoms with Crippen LogP contribution in [0.4, 0.5) is 14.5 Å². The van der Waals surface area contributed by atoms with Gasteiger partial charge in [-0.05, 0) is 30.5 Å². The van der Waals surface area contributed by atoms with Crippen molar-refractivity contribution in [2.24, 2.45) is 5.84 Å². The molecule has 21 heavy (non-hydrogen) atoms. The Labute approximate surface area is 124 Å². The number of benzene rings is 1. The van der Waals surface area contributed by atoms with Crippen LogP contribution in [0.2, 0.25) is 0 Å². The number of anilines is 1. The summed E-state index contributed by atoms with van der Waals surface area (Å²) in [4.78, 5) is 13.1. The van der Waals surface area contributed by atoms with E-state index in [4.69, 9.17) is 5.84 Å². The van der Waals surface area contributed by atoms with E-state index in [-0.39, 0.29) is 11.6 Å². The standard InChI is InChI=1S/C14H15F2N3OS/c1-8(5-10-3-2-4-21-10)18-14(20)9-6-11(15)13(19-17)12(16)7-9/h2-4,6-8,19H,5,17H2,1H3,(H,18,20). The molecule has 0 fully saturated rings. The molecule has 0 aliphatic rings. The predicted molar refractivity (Wildman–Crippen MR) is 79.1 cm³/mol. The number of hydrogen-bond donors (Lipinski definition) is 3. The highest BCUT2D eigenvalue weighted by molar-refractivity contribution is 7.09. The van der Waals surface area contributed by atoms with Gasteiger partial charge in [-0.15, -0.1) is 11.3 Å². The molecule has 112 valence electrons. The fourth-order valence-electron chi connectivity index (χ4n) is 1.93. The van der Waals surface area contributed by atoms with Crippen LogP contribution < -0.4 is 16.6 Å². The molecule has 1 aromatic carbocycles. The number of rotatable bonds is 5. The van der Waals surface area contributed by atoms with Crippen molar-refractivity contribution in [1.29, 1.82) is 0 Å². The van der Waals surface area contributed by atoms with Gasteiger partial charge in [0, 0.05) is 22.9 Å². The van der Waals surface area contributed by atoms with Crippen molar-refractivity contribution >= 4 is 22.9 Å². The van der Waals surface area contributed by atoms with Gasteiger partial charge >= 0.3 is 0 Å². The summed E-state index contributed by atoms with van der Waals surface area (Å²) in [6, 6.07) is 5.65. The van der Waals surface area contributed by atoms with E-state index in [0.29, 0.717) is 6.42 Å². The molecule has 1 amide bonds. The average Bonchev–Trinajstić information content (AvgIpc) is 2.90. The number of hydrazine groups is 1. The highest BCUT2D eigenvalue weighted by Gasteiger charge is 2.16. The molecule has 2 rings (SSSR count). The number of carbonyl (C=O) groups is 1. The third-order valence-electron chi connectivity index (χ3n) is 2.91. The fraction of sp³-hybridized carbons (Fsp3) is 0.214. The summed E-state index contributed by atoms with van der Waals surface area (Å²) in [7, 11) is 0. The van der Waals surface area contributed by atoms with Crippen LogP contribution in [-0.2, 0) is 6.42 Å². The van der Waals surface area contributed by atoms with Crippen molar-refractivity contribution in [3.63, 3.8) is 0 Å². The zero-order valence-corrected chi connectivity index (χ0v) is 12.1. The van der Waals surface area contributed by atoms with Gasteiger partial charge < -0.3 is 10.7 Å². The third kappa shape index (κ3) is 3.77. The maximum absolute atomic E-state index is 13.6. The van der Waals surface area contributed by atoms with Gasteiger partial charge in [-0.2, -0.15) is 0 Å². The largest absolute Gasteiger partial charge is 0.349 e. The van der Waals surface area contributed by atoms with Gasteiger partial charge in [0.2, 0.25) is 0 Å². The average molecular weight is 311 g/mol. The summed E-state index contributed by atoms with van der Waals surface area (Å²) in [6.45, 7) is 1.83. The second kappa shape index (κ2) is 6.64. The van der Waals surface area contributed by atoms with E-state index in [1.807, 2.05) is 29.9 Å². The zero-order valence-electron chi connectivity index (χ0n) is 11.3. The Kier molecular flexibility index (Phi) is 4.87. The van der Waals surface area contributed by atoms with Gasteiger partial charge in [-0.1, -0.05) is 6.07 Å². The second-order valence-electron chi connectivity index (χ2n) is 4.62. The van der Waals surface area contributed by atoms with Crippen molar-refractivity contribution in [2.45, 2.75) is 19.4 Å². The lowest BCUT2D eigenvalue weighted by Gasteiger charge is -2.14. The lowest BCUT2D eigenvalue weighted by Crippen LogP contribution is -2.34. The number of nitrogens with two attached hydrogens (primary N) is 1. The molecular weight excluding hydrogens is 296 g/mol. The van der Waals surface area contributed by atoms with E-state index >= 15 is 0 Å². The van der Waals surface area contributed by atoms with Crippen LogP contribution in [0.3, 0.4) is 0 Å². The van der Waals surface area contributed by atoms with Crippen molar-refractivity contribution in [3.8, 4) is 0 Å². The first kappa shape index (κ1) is 15.4. The molecule has 1 aromatic heterocycles. The molecule has 1 unspecified atom stereocenters. The Morgan fingerprint density at radius 3 is 2.57 bits per heavy atom. The number of nitrogens with one attached hydrogen (secondary N) is 2. The molecule has 0 aliphatic carbocycles. The van der Waals surface area contributed by atoms with E-state index in [9.17, 15) is 13.6 Å². The SMILES string of the molecule is CC(Cc1cccs1)NC(=O)c1cc(F)c(NN)c(F)c1. The normalized spacial score (nSPS) is 12.0. The Bertz CT molecular complexity index is 608. The van der Waals surface area contributed by atoms with Crippen LogP contribution in [0.15, 0.2) is 29.6 Å². The first-order valence-corrected chi connectivity index (χ1v) is 7.18. The van der Waals surface area contributed by atoms with Gasteiger partial charge in [-0.25, -0.2) is 8.78 Å². The van der Waals surface area contributed by atoms with E-state index < -0.39 is 23.2 Å². The molecule has 0 spiro atoms. The number of thiophene rings is 1. The van der Waals surface area contributed by atoms with Crippen molar-refractivity contribution < 1.29 is 13.6 Å². The maximum atomic E-state index is 13.6. The minimum Gasteiger partial charge on any atom is -0.349 e. The van der Waals surface area contributed by atoms with Crippen LogP contribution >= 0.6 is 11.3 Å². The minimum atomic E-state index is -0.909. The Balaban J connectivity index is 2.06. The molecule has 1 heterocycles. The molecule has 0 radical (unpaired) electrons. The van der Waals surface area contributed by atoms with Gasteiger partial charge in [0.1, 0.15) is 5.69 Å². The number of amides is 1. The van der Waals surface area contributed by atoms with Crippen LogP contribution in [0, 0.1) is 11.6 Å². The third-order valence-corrected chi connectivity index (χ3v) is 3.81. The lowest BCUT2D eigenvalue weighted by atomic mass is 10.1. The van der Waals surface area contributed by atoms with Gasteiger partial charge in [0.15, 0.2) is 11.6 Å². The number of carbonyl (C=O) groups excluding carboxylic acids is 1. The molecule has 4 N–H and O–H groups in total. The summed E-state index contributed by atoms with van der Waals surface area (Å²) < 4.78 is 27.1. The lowest BCUT2D eigenvalue weighted by molar-refractivity contribution is 0.0939. The summed E-state index contributed by atoms with van der Waals surface area (Å²) >= 11 is 1.59. The summed E-state index contributed by atoms with van der Waals surface area (Å²) in [5, 5.41) is 4.66. The first-order chi connectivity index (χ1) is 10.0. The topological polar surface area (TPSA) is 67.2 Å². The molecule has 4 nitrogen and oxygen atoms in total. The van der Waals surface area contributed by atoms with E-state index in [0.717, 1.165) is 17.0 Å². The van der Waals surface area contributed by atoms with Crippen LogP contribution in [0.5, 0.6) is 0 Å². The molecule has 7 heteroatoms. The zero-order chi connectivity index (χ0) is 15.4. The quantitative estimate of drug-likeness (QED) is 0.587. The molecule has 0 aliphatic heterocycles. The monoisotopic (exact) mass is 311 g/mol. The first-order valence-electron chi connectivity index (χ1n) is 6.30. The summed E-state index contributed by atoms with van der Waals surface area (Å²) in [5.41, 5.74) is 1.38. The molecule has 0 bridgehead atoms. The fourth-order valence-corrected chi connectivity index (χ4v) is 2.77. The van der Waals surface area contributed by atoms with E-state index in [2.05, 4.69) is 5.32 Å². The summed E-state index contributed by atoms with van der Waals surface area (Å²) in [6.07, 6.45) is 0.664. The minimum absolute atomic E-state index is 0.0815. The van der Waals surface area contributed by atoms with Gasteiger partial charge in [0.25, 0.3) is 5.91 Å². The molecule has 1 atom stereocenters. The summed E-state index contributed by atoms with van der Waals surface area (Å²) in [5.74, 6) is 2.66.